The van der Waals surface area contributed by atoms with Crippen molar-refractivity contribution >= 4 is 15.9 Å². The minimum atomic E-state index is -2.93. The molecule has 1 aromatic rings. The highest BCUT2D eigenvalue weighted by Crippen LogP contribution is 2.20. The molecule has 2 rings (SSSR count). The molecule has 1 aliphatic rings. The van der Waals surface area contributed by atoms with E-state index in [4.69, 9.17) is 10.2 Å². The van der Waals surface area contributed by atoms with Crippen LogP contribution in [0.2, 0.25) is 0 Å². The van der Waals surface area contributed by atoms with Crippen LogP contribution in [0.1, 0.15) is 18.7 Å². The van der Waals surface area contributed by atoms with E-state index in [0.29, 0.717) is 18.9 Å². The zero-order valence-electron chi connectivity index (χ0n) is 8.72. The van der Waals surface area contributed by atoms with E-state index in [0.717, 1.165) is 6.42 Å². The molecule has 1 atom stereocenters. The quantitative estimate of drug-likeness (QED) is 0.737. The summed E-state index contributed by atoms with van der Waals surface area (Å²) >= 11 is 0. The molecule has 0 radical (unpaired) electrons. The third-order valence-electron chi connectivity index (χ3n) is 2.59. The van der Waals surface area contributed by atoms with Gasteiger partial charge in [0.2, 0.25) is 5.89 Å². The molecule has 3 N–H and O–H groups in total. The Bertz CT molecular complexity index is 456. The van der Waals surface area contributed by atoms with E-state index in [-0.39, 0.29) is 23.6 Å². The topological polar surface area (TPSA) is 111 Å². The summed E-state index contributed by atoms with van der Waals surface area (Å²) in [7, 11) is -2.93. The van der Waals surface area contributed by atoms with Gasteiger partial charge >= 0.3 is 6.01 Å². The fourth-order valence-electron chi connectivity index (χ4n) is 1.70. The summed E-state index contributed by atoms with van der Waals surface area (Å²) in [5.41, 5.74) is 5.30. The summed E-state index contributed by atoms with van der Waals surface area (Å²) in [5.74, 6) is 0.605. The fraction of sp³-hybridized carbons (Fsp3) is 0.750. The molecule has 2 heterocycles. The molecule has 0 spiro atoms. The molecule has 0 saturated carbocycles. The van der Waals surface area contributed by atoms with Gasteiger partial charge in [0.1, 0.15) is 0 Å². The Hall–Kier alpha value is -1.15. The molecule has 0 amide bonds. The maximum atomic E-state index is 11.5. The van der Waals surface area contributed by atoms with Gasteiger partial charge in [-0.25, -0.2) is 8.42 Å². The van der Waals surface area contributed by atoms with Gasteiger partial charge in [-0.1, -0.05) is 5.10 Å². The van der Waals surface area contributed by atoms with Gasteiger partial charge in [-0.15, -0.1) is 5.10 Å². The van der Waals surface area contributed by atoms with Gasteiger partial charge in [-0.3, -0.25) is 0 Å². The lowest BCUT2D eigenvalue weighted by Crippen LogP contribution is -2.25. The molecule has 0 aromatic carbocycles. The highest BCUT2D eigenvalue weighted by Gasteiger charge is 2.31. The van der Waals surface area contributed by atoms with E-state index in [1.165, 1.54) is 0 Å². The number of hydrogen-bond donors (Lipinski definition) is 2. The smallest absolute Gasteiger partial charge is 0.315 e. The average Bonchev–Trinajstić information content (AvgIpc) is 2.81. The molecule has 0 aliphatic carbocycles. The molecular formula is C8H14N4O3S. The first-order valence-corrected chi connectivity index (χ1v) is 6.81. The van der Waals surface area contributed by atoms with E-state index in [1.54, 1.807) is 0 Å². The summed E-state index contributed by atoms with van der Waals surface area (Å²) in [5, 5.41) is 9.83. The summed E-state index contributed by atoms with van der Waals surface area (Å²) in [6.07, 6.45) is 1.42. The van der Waals surface area contributed by atoms with Crippen LogP contribution >= 0.6 is 0 Å². The zero-order valence-corrected chi connectivity index (χ0v) is 9.53. The molecule has 16 heavy (non-hydrogen) atoms. The van der Waals surface area contributed by atoms with Gasteiger partial charge in [-0.2, -0.15) is 0 Å². The molecule has 7 nitrogen and oxygen atoms in total. The Labute approximate surface area is 93.3 Å². The second-order valence-electron chi connectivity index (χ2n) is 3.72. The monoisotopic (exact) mass is 246 g/mol. The lowest BCUT2D eigenvalue weighted by molar-refractivity contribution is 0.506. The maximum absolute atomic E-state index is 11.5. The van der Waals surface area contributed by atoms with E-state index in [9.17, 15) is 8.42 Å². The Morgan fingerprint density at radius 1 is 1.50 bits per heavy atom. The molecule has 8 heteroatoms. The SMILES string of the molecule is NCc1nnc(NCC2CCCS2(=O)=O)o1. The Morgan fingerprint density at radius 3 is 2.88 bits per heavy atom. The highest BCUT2D eigenvalue weighted by molar-refractivity contribution is 7.92. The number of hydrogen-bond acceptors (Lipinski definition) is 7. The lowest BCUT2D eigenvalue weighted by Gasteiger charge is -2.08. The van der Waals surface area contributed by atoms with Crippen LogP contribution in [-0.2, 0) is 16.4 Å². The third kappa shape index (κ3) is 2.33. The molecule has 90 valence electrons. The molecule has 1 fully saturated rings. The van der Waals surface area contributed by atoms with Gasteiger partial charge in [0.25, 0.3) is 0 Å². The van der Waals surface area contributed by atoms with Crippen molar-refractivity contribution in [2.75, 3.05) is 17.6 Å². The molecular weight excluding hydrogens is 232 g/mol. The average molecular weight is 246 g/mol. The predicted octanol–water partition coefficient (Wildman–Crippen LogP) is -0.483. The van der Waals surface area contributed by atoms with Crippen molar-refractivity contribution in [3.63, 3.8) is 0 Å². The predicted molar refractivity (Wildman–Crippen MR) is 57.5 cm³/mol. The van der Waals surface area contributed by atoms with Gasteiger partial charge in [0.05, 0.1) is 17.5 Å². The minimum Gasteiger partial charge on any atom is -0.407 e. The maximum Gasteiger partial charge on any atom is 0.315 e. The van der Waals surface area contributed by atoms with Crippen LogP contribution in [0.15, 0.2) is 4.42 Å². The normalized spacial score (nSPS) is 23.4. The summed E-state index contributed by atoms with van der Waals surface area (Å²) in [6, 6.07) is 0.225. The number of nitrogens with zero attached hydrogens (tertiary/aromatic N) is 2. The Balaban J connectivity index is 1.92. The van der Waals surface area contributed by atoms with Gasteiger partial charge in [0.15, 0.2) is 9.84 Å². The molecule has 1 unspecified atom stereocenters. The van der Waals surface area contributed by atoms with Crippen molar-refractivity contribution in [2.24, 2.45) is 5.73 Å². The van der Waals surface area contributed by atoms with Crippen molar-refractivity contribution < 1.29 is 12.8 Å². The van der Waals surface area contributed by atoms with E-state index < -0.39 is 9.84 Å². The second-order valence-corrected chi connectivity index (χ2v) is 6.12. The first kappa shape index (κ1) is 11.3. The summed E-state index contributed by atoms with van der Waals surface area (Å²) < 4.78 is 28.1. The number of aromatic nitrogens is 2. The van der Waals surface area contributed by atoms with E-state index in [2.05, 4.69) is 15.5 Å². The summed E-state index contributed by atoms with van der Waals surface area (Å²) in [6.45, 7) is 0.491. The van der Waals surface area contributed by atoms with Crippen molar-refractivity contribution in [3.8, 4) is 0 Å². The number of rotatable bonds is 4. The van der Waals surface area contributed by atoms with Crippen LogP contribution in [0, 0.1) is 0 Å². The number of nitrogens with one attached hydrogen (secondary N) is 1. The number of sulfone groups is 1. The highest BCUT2D eigenvalue weighted by atomic mass is 32.2. The number of anilines is 1. The first-order valence-electron chi connectivity index (χ1n) is 5.10. The number of nitrogens with two attached hydrogens (primary N) is 1. The van der Waals surface area contributed by atoms with Crippen molar-refractivity contribution in [3.05, 3.63) is 5.89 Å². The molecule has 0 bridgehead atoms. The molecule has 1 saturated heterocycles. The van der Waals surface area contributed by atoms with E-state index >= 15 is 0 Å². The van der Waals surface area contributed by atoms with Crippen LogP contribution in [0.5, 0.6) is 0 Å². The molecule has 1 aromatic heterocycles. The van der Waals surface area contributed by atoms with Crippen LogP contribution < -0.4 is 11.1 Å². The first-order chi connectivity index (χ1) is 7.62. The lowest BCUT2D eigenvalue weighted by atomic mass is 10.2. The summed E-state index contributed by atoms with van der Waals surface area (Å²) in [4.78, 5) is 0. The minimum absolute atomic E-state index is 0.177. The molecule has 1 aliphatic heterocycles. The van der Waals surface area contributed by atoms with Crippen LogP contribution in [0.3, 0.4) is 0 Å². The van der Waals surface area contributed by atoms with Crippen molar-refractivity contribution in [2.45, 2.75) is 24.6 Å². The Kier molecular flexibility index (Phi) is 3.10. The Morgan fingerprint density at radius 2 is 2.31 bits per heavy atom. The van der Waals surface area contributed by atoms with Gasteiger partial charge < -0.3 is 15.5 Å². The van der Waals surface area contributed by atoms with Crippen LogP contribution in [0.25, 0.3) is 0 Å². The van der Waals surface area contributed by atoms with Gasteiger partial charge in [-0.05, 0) is 12.8 Å². The zero-order chi connectivity index (χ0) is 11.6. The van der Waals surface area contributed by atoms with Crippen molar-refractivity contribution in [1.29, 1.82) is 0 Å². The van der Waals surface area contributed by atoms with Crippen LogP contribution in [0.4, 0.5) is 6.01 Å². The largest absolute Gasteiger partial charge is 0.407 e. The second kappa shape index (κ2) is 4.38. The van der Waals surface area contributed by atoms with Crippen molar-refractivity contribution in [1.82, 2.24) is 10.2 Å². The third-order valence-corrected chi connectivity index (χ3v) is 4.86. The van der Waals surface area contributed by atoms with Gasteiger partial charge in [0, 0.05) is 6.54 Å². The van der Waals surface area contributed by atoms with Crippen LogP contribution in [-0.4, -0.2) is 36.2 Å². The standard InChI is InChI=1S/C8H14N4O3S/c9-4-7-11-12-8(15-7)10-5-6-2-1-3-16(6,13)14/h6H,1-5,9H2,(H,10,12). The fourth-order valence-corrected chi connectivity index (χ4v) is 3.46. The van der Waals surface area contributed by atoms with E-state index in [1.807, 2.05) is 0 Å².